The van der Waals surface area contributed by atoms with Gasteiger partial charge in [0.2, 0.25) is 0 Å². The summed E-state index contributed by atoms with van der Waals surface area (Å²) in [6.07, 6.45) is 3.06. The number of carboxylic acid groups (broad SMARTS) is 1. The molecule has 236 valence electrons. The first kappa shape index (κ1) is 32.2. The van der Waals surface area contributed by atoms with Crippen molar-refractivity contribution in [2.24, 2.45) is 5.92 Å². The van der Waals surface area contributed by atoms with Gasteiger partial charge >= 0.3 is 5.97 Å². The maximum absolute atomic E-state index is 15.6. The van der Waals surface area contributed by atoms with Crippen molar-refractivity contribution in [1.29, 1.82) is 0 Å². The van der Waals surface area contributed by atoms with Crippen molar-refractivity contribution >= 4 is 17.7 Å². The maximum atomic E-state index is 15.6. The number of halogens is 1. The van der Waals surface area contributed by atoms with Crippen LogP contribution in [-0.2, 0) is 18.0 Å². The lowest BCUT2D eigenvalue weighted by atomic mass is 9.89. The molecule has 1 aliphatic rings. The first-order valence-electron chi connectivity index (χ1n) is 15.1. The number of benzene rings is 4. The van der Waals surface area contributed by atoms with Gasteiger partial charge in [-0.15, -0.1) is 0 Å². The molecular weight excluding hydrogens is 591 g/mol. The fourth-order valence-corrected chi connectivity index (χ4v) is 6.04. The van der Waals surface area contributed by atoms with Crippen LogP contribution in [0, 0.1) is 25.6 Å². The molecule has 0 saturated carbocycles. The molecule has 1 heterocycles. The average Bonchev–Trinajstić information content (AvgIpc) is 3.45. The molecule has 1 unspecified atom stereocenters. The molecule has 0 bridgehead atoms. The van der Waals surface area contributed by atoms with Gasteiger partial charge in [-0.25, -0.2) is 4.39 Å². The molecule has 0 fully saturated rings. The highest BCUT2D eigenvalue weighted by atomic mass is 32.2. The molecule has 0 radical (unpaired) electrons. The lowest BCUT2D eigenvalue weighted by molar-refractivity contribution is -0.142. The van der Waals surface area contributed by atoms with Gasteiger partial charge in [-0.05, 0) is 78.8 Å². The summed E-state index contributed by atoms with van der Waals surface area (Å²) in [5, 5.41) is 9.44. The number of thioether (sulfide) groups is 1. The zero-order valence-electron chi connectivity index (χ0n) is 26.1. The maximum Gasteiger partial charge on any atom is 0.306 e. The number of hydrogen-bond acceptors (Lipinski definition) is 6. The third kappa shape index (κ3) is 7.74. The molecule has 0 spiro atoms. The van der Waals surface area contributed by atoms with Crippen LogP contribution < -0.4 is 18.9 Å². The van der Waals surface area contributed by atoms with Crippen LogP contribution in [0.2, 0.25) is 0 Å². The highest BCUT2D eigenvalue weighted by Gasteiger charge is 2.33. The molecule has 5 rings (SSSR count). The average molecular weight is 631 g/mol. The quantitative estimate of drug-likeness (QED) is 0.140. The molecular formula is C37H39FO6S. The highest BCUT2D eigenvalue weighted by molar-refractivity contribution is 7.98. The molecule has 0 aliphatic carbocycles. The van der Waals surface area contributed by atoms with Crippen LogP contribution in [0.3, 0.4) is 0 Å². The highest BCUT2D eigenvalue weighted by Crippen LogP contribution is 2.42. The second-order valence-corrected chi connectivity index (χ2v) is 12.4. The normalized spacial score (nSPS) is 14.4. The summed E-state index contributed by atoms with van der Waals surface area (Å²) in [5.74, 6) is 1.32. The molecule has 6 nitrogen and oxygen atoms in total. The summed E-state index contributed by atoms with van der Waals surface area (Å²) in [4.78, 5) is 11.5. The Bertz CT molecular complexity index is 1620. The van der Waals surface area contributed by atoms with Gasteiger partial charge in [-0.1, -0.05) is 43.3 Å². The summed E-state index contributed by atoms with van der Waals surface area (Å²) in [6, 6.07) is 22.4. The molecule has 0 amide bonds. The van der Waals surface area contributed by atoms with Gasteiger partial charge in [0.1, 0.15) is 42.0 Å². The largest absolute Gasteiger partial charge is 0.494 e. The van der Waals surface area contributed by atoms with Gasteiger partial charge < -0.3 is 24.1 Å². The second-order valence-electron chi connectivity index (χ2n) is 11.4. The number of ether oxygens (including phenoxy) is 4. The van der Waals surface area contributed by atoms with Crippen LogP contribution in [0.1, 0.15) is 47.1 Å². The predicted molar refractivity (Wildman–Crippen MR) is 176 cm³/mol. The molecule has 45 heavy (non-hydrogen) atoms. The third-order valence-corrected chi connectivity index (χ3v) is 8.81. The number of carbonyl (C=O) groups is 1. The number of carboxylic acids is 1. The minimum Gasteiger partial charge on any atom is -0.494 e. The number of hydrogen-bond donors (Lipinski definition) is 1. The van der Waals surface area contributed by atoms with Gasteiger partial charge in [-0.2, -0.15) is 11.8 Å². The van der Waals surface area contributed by atoms with E-state index in [1.807, 2.05) is 62.4 Å². The molecule has 1 N–H and O–H groups in total. The van der Waals surface area contributed by atoms with E-state index in [0.717, 1.165) is 51.3 Å². The fraction of sp³-hybridized carbons (Fsp3) is 0.324. The number of aliphatic carboxylic acids is 1. The lowest BCUT2D eigenvalue weighted by Crippen LogP contribution is -2.19. The first-order valence-corrected chi connectivity index (χ1v) is 16.5. The van der Waals surface area contributed by atoms with Crippen LogP contribution in [0.4, 0.5) is 4.39 Å². The Kier molecular flexibility index (Phi) is 10.6. The van der Waals surface area contributed by atoms with E-state index in [4.69, 9.17) is 18.9 Å². The Morgan fingerprint density at radius 2 is 1.73 bits per heavy atom. The number of rotatable bonds is 14. The van der Waals surface area contributed by atoms with E-state index in [1.54, 1.807) is 36.9 Å². The van der Waals surface area contributed by atoms with Crippen LogP contribution >= 0.6 is 11.8 Å². The van der Waals surface area contributed by atoms with E-state index in [9.17, 15) is 9.90 Å². The van der Waals surface area contributed by atoms with Crippen LogP contribution in [0.25, 0.3) is 11.1 Å². The molecule has 0 saturated heterocycles. The minimum absolute atomic E-state index is 0.0136. The monoisotopic (exact) mass is 630 g/mol. The smallest absolute Gasteiger partial charge is 0.306 e. The van der Waals surface area contributed by atoms with Crippen LogP contribution in [0.5, 0.6) is 23.0 Å². The summed E-state index contributed by atoms with van der Waals surface area (Å²) < 4.78 is 39.7. The van der Waals surface area contributed by atoms with Gasteiger partial charge in [0, 0.05) is 34.7 Å². The standard InChI is InChI=1S/C37H39FO6S/c1-23-15-29(41-13-8-14-45-4)16-24(2)36(23)31-17-27(33(38)19-35(31)43-20-26-9-6-5-7-10-26)21-42-28-11-12-30-32(25(3)37(39)40)22-44-34(30)18-28/h5-7,9-12,15-19,25,32H,8,13-14,20-22H2,1-4H3,(H,39,40)/t25?,32-/m0/s1. The Hall–Kier alpha value is -4.17. The Balaban J connectivity index is 1.42. The predicted octanol–water partition coefficient (Wildman–Crippen LogP) is 8.60. The van der Waals surface area contributed by atoms with Gasteiger partial charge in [0.15, 0.2) is 0 Å². The van der Waals surface area contributed by atoms with Gasteiger partial charge in [-0.3, -0.25) is 4.79 Å². The van der Waals surface area contributed by atoms with Crippen molar-refractivity contribution in [2.45, 2.75) is 46.3 Å². The van der Waals surface area contributed by atoms with E-state index < -0.39 is 17.7 Å². The molecule has 0 aromatic heterocycles. The zero-order chi connectivity index (χ0) is 31.9. The fourth-order valence-electron chi connectivity index (χ4n) is 5.64. The second kappa shape index (κ2) is 14.7. The van der Waals surface area contributed by atoms with Crippen molar-refractivity contribution in [3.8, 4) is 34.1 Å². The summed E-state index contributed by atoms with van der Waals surface area (Å²) >= 11 is 1.80. The van der Waals surface area contributed by atoms with E-state index in [1.165, 1.54) is 6.07 Å². The van der Waals surface area contributed by atoms with Crippen LogP contribution in [0.15, 0.2) is 72.8 Å². The lowest BCUT2D eigenvalue weighted by Gasteiger charge is -2.19. The van der Waals surface area contributed by atoms with Gasteiger partial charge in [0.25, 0.3) is 0 Å². The zero-order valence-corrected chi connectivity index (χ0v) is 26.9. The minimum atomic E-state index is -0.863. The Labute approximate surface area is 268 Å². The topological polar surface area (TPSA) is 74.2 Å². The number of fused-ring (bicyclic) bond motifs is 1. The van der Waals surface area contributed by atoms with E-state index >= 15 is 4.39 Å². The van der Waals surface area contributed by atoms with Crippen molar-refractivity contribution in [3.05, 3.63) is 106 Å². The molecule has 1 aliphatic heterocycles. The van der Waals surface area contributed by atoms with Crippen molar-refractivity contribution < 1.29 is 33.2 Å². The van der Waals surface area contributed by atoms with Crippen molar-refractivity contribution in [1.82, 2.24) is 0 Å². The molecule has 4 aromatic carbocycles. The van der Waals surface area contributed by atoms with E-state index in [-0.39, 0.29) is 12.5 Å². The third-order valence-electron chi connectivity index (χ3n) is 8.11. The first-order chi connectivity index (χ1) is 21.7. The SMILES string of the molecule is CSCCCOc1cc(C)c(-c2cc(COc3ccc4c(c3)OC[C@H]4C(C)C(=O)O)c(F)cc2OCc2ccccc2)c(C)c1. The molecule has 8 heteroatoms. The van der Waals surface area contributed by atoms with Crippen molar-refractivity contribution in [2.75, 3.05) is 25.2 Å². The molecule has 2 atom stereocenters. The van der Waals surface area contributed by atoms with Crippen molar-refractivity contribution in [3.63, 3.8) is 0 Å². The summed E-state index contributed by atoms with van der Waals surface area (Å²) in [7, 11) is 0. The summed E-state index contributed by atoms with van der Waals surface area (Å²) in [6.45, 7) is 6.97. The van der Waals surface area contributed by atoms with E-state index in [2.05, 4.69) is 6.26 Å². The van der Waals surface area contributed by atoms with Gasteiger partial charge in [0.05, 0.1) is 19.1 Å². The van der Waals surface area contributed by atoms with Crippen LogP contribution in [-0.4, -0.2) is 36.3 Å². The van der Waals surface area contributed by atoms with E-state index in [0.29, 0.717) is 42.6 Å². The number of aryl methyl sites for hydroxylation is 2. The summed E-state index contributed by atoms with van der Waals surface area (Å²) in [5.41, 5.74) is 5.94. The molecule has 4 aromatic rings. The Morgan fingerprint density at radius 3 is 2.44 bits per heavy atom. The Morgan fingerprint density at radius 1 is 0.978 bits per heavy atom.